The van der Waals surface area contributed by atoms with Gasteiger partial charge in [-0.3, -0.25) is 0 Å². The Balaban J connectivity index is 2.02. The molecule has 23 heavy (non-hydrogen) atoms. The van der Waals surface area contributed by atoms with E-state index >= 15 is 0 Å². The molecule has 0 heterocycles. The van der Waals surface area contributed by atoms with Gasteiger partial charge < -0.3 is 14.9 Å². The number of carboxylic acids is 1. The van der Waals surface area contributed by atoms with Gasteiger partial charge in [0.2, 0.25) is 0 Å². The highest BCUT2D eigenvalue weighted by atomic mass is 79.9. The first-order valence-corrected chi connectivity index (χ1v) is 8.91. The number of aromatic carboxylic acids is 1. The maximum Gasteiger partial charge on any atom is 0.339 e. The van der Waals surface area contributed by atoms with Gasteiger partial charge in [0.25, 0.3) is 0 Å². The number of sulfone groups is 1. The second-order valence-electron chi connectivity index (χ2n) is 4.61. The lowest BCUT2D eigenvalue weighted by molar-refractivity contribution is 0.0693. The Hall–Kier alpha value is -2.06. The van der Waals surface area contributed by atoms with E-state index in [4.69, 9.17) is 9.84 Å². The first kappa shape index (κ1) is 17.3. The van der Waals surface area contributed by atoms with E-state index in [2.05, 4.69) is 15.9 Å². The van der Waals surface area contributed by atoms with Crippen molar-refractivity contribution in [3.63, 3.8) is 0 Å². The molecule has 0 radical (unpaired) electrons. The Morgan fingerprint density at radius 2 is 1.91 bits per heavy atom. The Morgan fingerprint density at radius 3 is 2.52 bits per heavy atom. The Kier molecular flexibility index (Phi) is 5.27. The fourth-order valence-electron chi connectivity index (χ4n) is 1.83. The van der Waals surface area contributed by atoms with Gasteiger partial charge in [0.05, 0.1) is 10.6 Å². The van der Waals surface area contributed by atoms with E-state index in [1.54, 1.807) is 12.1 Å². The zero-order chi connectivity index (χ0) is 17.0. The summed E-state index contributed by atoms with van der Waals surface area (Å²) < 4.78 is 30.2. The van der Waals surface area contributed by atoms with Crippen LogP contribution < -0.4 is 4.74 Å². The summed E-state index contributed by atoms with van der Waals surface area (Å²) in [6.45, 7) is -0.124. The summed E-state index contributed by atoms with van der Waals surface area (Å²) in [6.07, 6.45) is 0. The molecule has 0 fully saturated rings. The highest BCUT2D eigenvalue weighted by Gasteiger charge is 2.15. The Morgan fingerprint density at radius 1 is 1.17 bits per heavy atom. The third kappa shape index (κ3) is 4.46. The van der Waals surface area contributed by atoms with E-state index in [9.17, 15) is 18.3 Å². The largest absolute Gasteiger partial charge is 0.507 e. The van der Waals surface area contributed by atoms with Gasteiger partial charge in [-0.15, -0.1) is 0 Å². The molecule has 0 aliphatic heterocycles. The third-order valence-corrected chi connectivity index (χ3v) is 5.15. The second-order valence-corrected chi connectivity index (χ2v) is 7.63. The zero-order valence-corrected chi connectivity index (χ0v) is 14.2. The molecule has 0 aliphatic rings. The van der Waals surface area contributed by atoms with Gasteiger partial charge in [-0.05, 0) is 30.3 Å². The average Bonchev–Trinajstić information content (AvgIpc) is 2.46. The first-order chi connectivity index (χ1) is 10.8. The molecule has 0 atom stereocenters. The number of phenols is 1. The van der Waals surface area contributed by atoms with Crippen molar-refractivity contribution in [3.05, 3.63) is 52.5 Å². The molecule has 0 bridgehead atoms. The number of benzene rings is 2. The van der Waals surface area contributed by atoms with Crippen LogP contribution in [-0.4, -0.2) is 37.0 Å². The molecule has 0 aromatic heterocycles. The van der Waals surface area contributed by atoms with Crippen LogP contribution in [0.4, 0.5) is 0 Å². The Bertz CT molecular complexity index is 832. The molecule has 0 aliphatic carbocycles. The quantitative estimate of drug-likeness (QED) is 0.772. The van der Waals surface area contributed by atoms with Crippen LogP contribution >= 0.6 is 15.9 Å². The van der Waals surface area contributed by atoms with E-state index in [-0.39, 0.29) is 28.6 Å². The van der Waals surface area contributed by atoms with E-state index < -0.39 is 21.6 Å². The van der Waals surface area contributed by atoms with Gasteiger partial charge in [0, 0.05) is 10.5 Å². The molecular weight excluding hydrogens is 388 g/mol. The van der Waals surface area contributed by atoms with Gasteiger partial charge in [0.1, 0.15) is 23.7 Å². The number of ether oxygens (including phenoxy) is 1. The van der Waals surface area contributed by atoms with Crippen LogP contribution in [0.3, 0.4) is 0 Å². The normalized spacial score (nSPS) is 11.2. The fourth-order valence-corrected chi connectivity index (χ4v) is 3.51. The minimum absolute atomic E-state index is 0.124. The number of halogens is 1. The van der Waals surface area contributed by atoms with Crippen LogP contribution in [0.1, 0.15) is 10.4 Å². The van der Waals surface area contributed by atoms with E-state index in [1.807, 2.05) is 0 Å². The maximum absolute atomic E-state index is 12.2. The highest BCUT2D eigenvalue weighted by molar-refractivity contribution is 9.10. The second kappa shape index (κ2) is 7.01. The molecule has 2 aromatic rings. The number of hydrogen-bond donors (Lipinski definition) is 2. The van der Waals surface area contributed by atoms with Crippen molar-refractivity contribution >= 4 is 31.7 Å². The summed E-state index contributed by atoms with van der Waals surface area (Å²) in [4.78, 5) is 11.0. The minimum atomic E-state index is -3.50. The van der Waals surface area contributed by atoms with Gasteiger partial charge in [0.15, 0.2) is 9.84 Å². The number of hydrogen-bond acceptors (Lipinski definition) is 5. The molecule has 0 spiro atoms. The lowest BCUT2D eigenvalue weighted by Crippen LogP contribution is -2.14. The van der Waals surface area contributed by atoms with Crippen LogP contribution in [0.25, 0.3) is 0 Å². The van der Waals surface area contributed by atoms with Crippen LogP contribution in [0, 0.1) is 0 Å². The van der Waals surface area contributed by atoms with Gasteiger partial charge in [-0.25, -0.2) is 13.2 Å². The van der Waals surface area contributed by atoms with Crippen molar-refractivity contribution in [1.82, 2.24) is 0 Å². The van der Waals surface area contributed by atoms with Crippen molar-refractivity contribution in [2.75, 3.05) is 12.4 Å². The summed E-state index contributed by atoms with van der Waals surface area (Å²) in [5.41, 5.74) is -0.251. The molecule has 2 aromatic carbocycles. The standard InChI is InChI=1S/C15H13BrO6S/c16-10-2-1-3-12(8-10)23(20,21)7-6-22-11-4-5-13(15(18)19)14(17)9-11/h1-5,8-9,17H,6-7H2,(H,18,19). The third-order valence-electron chi connectivity index (χ3n) is 2.98. The van der Waals surface area contributed by atoms with Crippen molar-refractivity contribution in [2.24, 2.45) is 0 Å². The fraction of sp³-hybridized carbons (Fsp3) is 0.133. The molecule has 2 N–H and O–H groups in total. The molecule has 6 nitrogen and oxygen atoms in total. The smallest absolute Gasteiger partial charge is 0.339 e. The summed E-state index contributed by atoms with van der Waals surface area (Å²) >= 11 is 3.21. The average molecular weight is 401 g/mol. The maximum atomic E-state index is 12.2. The molecule has 2 rings (SSSR count). The van der Waals surface area contributed by atoms with Crippen LogP contribution in [0.2, 0.25) is 0 Å². The van der Waals surface area contributed by atoms with Crippen LogP contribution in [-0.2, 0) is 9.84 Å². The van der Waals surface area contributed by atoms with Crippen molar-refractivity contribution < 1.29 is 28.2 Å². The summed E-state index contributed by atoms with van der Waals surface area (Å²) in [5, 5.41) is 18.3. The number of aromatic hydroxyl groups is 1. The van der Waals surface area contributed by atoms with Gasteiger partial charge in [-0.2, -0.15) is 0 Å². The Labute approximate surface area is 141 Å². The molecule has 8 heteroatoms. The van der Waals surface area contributed by atoms with Crippen molar-refractivity contribution in [3.8, 4) is 11.5 Å². The molecule has 0 amide bonds. The van der Waals surface area contributed by atoms with E-state index in [0.29, 0.717) is 4.47 Å². The van der Waals surface area contributed by atoms with E-state index in [1.165, 1.54) is 24.3 Å². The lowest BCUT2D eigenvalue weighted by atomic mass is 10.2. The zero-order valence-electron chi connectivity index (χ0n) is 11.8. The molecule has 0 saturated carbocycles. The molecule has 0 unspecified atom stereocenters. The van der Waals surface area contributed by atoms with Crippen molar-refractivity contribution in [1.29, 1.82) is 0 Å². The summed E-state index contributed by atoms with van der Waals surface area (Å²) in [7, 11) is -3.50. The van der Waals surface area contributed by atoms with Gasteiger partial charge >= 0.3 is 5.97 Å². The topological polar surface area (TPSA) is 101 Å². The van der Waals surface area contributed by atoms with Gasteiger partial charge in [-0.1, -0.05) is 22.0 Å². The van der Waals surface area contributed by atoms with Crippen LogP contribution in [0.15, 0.2) is 51.8 Å². The SMILES string of the molecule is O=C(O)c1ccc(OCCS(=O)(=O)c2cccc(Br)c2)cc1O. The number of carbonyl (C=O) groups is 1. The summed E-state index contributed by atoms with van der Waals surface area (Å²) in [5.74, 6) is -1.75. The minimum Gasteiger partial charge on any atom is -0.507 e. The molecule has 0 saturated heterocycles. The molecule has 122 valence electrons. The number of carboxylic acid groups (broad SMARTS) is 1. The first-order valence-electron chi connectivity index (χ1n) is 6.47. The van der Waals surface area contributed by atoms with Crippen LogP contribution in [0.5, 0.6) is 11.5 Å². The monoisotopic (exact) mass is 400 g/mol. The number of rotatable bonds is 6. The molecular formula is C15H13BrO6S. The predicted octanol–water partition coefficient (Wildman–Crippen LogP) is 2.71. The summed E-state index contributed by atoms with van der Waals surface area (Å²) in [6, 6.07) is 10.0. The highest BCUT2D eigenvalue weighted by Crippen LogP contribution is 2.24. The van der Waals surface area contributed by atoms with E-state index in [0.717, 1.165) is 6.07 Å². The van der Waals surface area contributed by atoms with Crippen molar-refractivity contribution in [2.45, 2.75) is 4.90 Å². The predicted molar refractivity (Wildman–Crippen MR) is 86.8 cm³/mol. The lowest BCUT2D eigenvalue weighted by Gasteiger charge is -2.09.